The Morgan fingerprint density at radius 1 is 1.42 bits per heavy atom. The van der Waals surface area contributed by atoms with E-state index >= 15 is 0 Å². The maximum absolute atomic E-state index is 13.5. The van der Waals surface area contributed by atoms with Crippen molar-refractivity contribution in [2.24, 2.45) is 0 Å². The van der Waals surface area contributed by atoms with Crippen LogP contribution >= 0.6 is 34.2 Å². The van der Waals surface area contributed by atoms with Crippen LogP contribution in [0, 0.1) is 9.39 Å². The highest BCUT2D eigenvalue weighted by Crippen LogP contribution is 2.25. The van der Waals surface area contributed by atoms with Gasteiger partial charge in [0.05, 0.1) is 16.6 Å². The zero-order valence-electron chi connectivity index (χ0n) is 13.7. The summed E-state index contributed by atoms with van der Waals surface area (Å²) in [6, 6.07) is 2.40. The van der Waals surface area contributed by atoms with Gasteiger partial charge in [0.25, 0.3) is 5.91 Å². The molecule has 5 nitrogen and oxygen atoms in total. The third-order valence-corrected chi connectivity index (χ3v) is 4.58. The Labute approximate surface area is 159 Å². The maximum atomic E-state index is 13.5. The summed E-state index contributed by atoms with van der Waals surface area (Å²) >= 11 is 7.81. The summed E-state index contributed by atoms with van der Waals surface area (Å²) in [6.07, 6.45) is 0.122. The van der Waals surface area contributed by atoms with Crippen LogP contribution in [0.4, 0.5) is 9.18 Å². The normalized spacial score (nSPS) is 17.8. The first-order valence-electron chi connectivity index (χ1n) is 7.50. The number of amides is 2. The van der Waals surface area contributed by atoms with E-state index in [2.05, 4.69) is 5.32 Å². The molecule has 0 aromatic heterocycles. The highest BCUT2D eigenvalue weighted by Gasteiger charge is 2.30. The lowest BCUT2D eigenvalue weighted by molar-refractivity contribution is 0.0502. The van der Waals surface area contributed by atoms with E-state index in [-0.39, 0.29) is 22.5 Å². The highest BCUT2D eigenvalue weighted by atomic mass is 127. The van der Waals surface area contributed by atoms with Gasteiger partial charge in [-0.3, -0.25) is 4.79 Å². The van der Waals surface area contributed by atoms with Crippen LogP contribution in [0.1, 0.15) is 37.6 Å². The van der Waals surface area contributed by atoms with E-state index in [0.29, 0.717) is 23.1 Å². The van der Waals surface area contributed by atoms with Crippen molar-refractivity contribution in [1.82, 2.24) is 10.2 Å². The maximum Gasteiger partial charge on any atom is 0.407 e. The van der Waals surface area contributed by atoms with Crippen molar-refractivity contribution in [3.8, 4) is 0 Å². The molecule has 2 amide bonds. The van der Waals surface area contributed by atoms with Gasteiger partial charge in [0.15, 0.2) is 0 Å². The summed E-state index contributed by atoms with van der Waals surface area (Å²) < 4.78 is 19.0. The molecule has 0 saturated carbocycles. The van der Waals surface area contributed by atoms with Gasteiger partial charge in [0, 0.05) is 16.7 Å². The number of rotatable bonds is 2. The van der Waals surface area contributed by atoms with E-state index < -0.39 is 17.5 Å². The summed E-state index contributed by atoms with van der Waals surface area (Å²) in [6.45, 7) is 6.21. The molecule has 0 radical (unpaired) electrons. The molecule has 1 saturated heterocycles. The number of halogens is 3. The predicted octanol–water partition coefficient (Wildman–Crippen LogP) is 3.82. The quantitative estimate of drug-likeness (QED) is 0.530. The number of hydrogen-bond acceptors (Lipinski definition) is 3. The van der Waals surface area contributed by atoms with E-state index in [9.17, 15) is 14.0 Å². The van der Waals surface area contributed by atoms with Gasteiger partial charge < -0.3 is 15.0 Å². The van der Waals surface area contributed by atoms with Crippen molar-refractivity contribution in [3.05, 3.63) is 32.1 Å². The number of nitrogens with zero attached hydrogens (tertiary/aromatic N) is 1. The molecule has 1 aromatic carbocycles. The minimum atomic E-state index is -0.573. The first-order valence-corrected chi connectivity index (χ1v) is 8.96. The lowest BCUT2D eigenvalue weighted by Gasteiger charge is -2.22. The van der Waals surface area contributed by atoms with Crippen molar-refractivity contribution in [1.29, 1.82) is 0 Å². The van der Waals surface area contributed by atoms with Crippen molar-refractivity contribution in [3.63, 3.8) is 0 Å². The molecule has 2 rings (SSSR count). The van der Waals surface area contributed by atoms with Gasteiger partial charge in [-0.25, -0.2) is 9.18 Å². The van der Waals surface area contributed by atoms with Gasteiger partial charge in [-0.2, -0.15) is 0 Å². The second-order valence-corrected chi connectivity index (χ2v) is 8.20. The van der Waals surface area contributed by atoms with Crippen molar-refractivity contribution in [2.75, 3.05) is 13.1 Å². The van der Waals surface area contributed by atoms with Crippen LogP contribution in [0.5, 0.6) is 0 Å². The molecule has 0 bridgehead atoms. The fourth-order valence-corrected chi connectivity index (χ4v) is 3.09. The average molecular weight is 469 g/mol. The zero-order chi connectivity index (χ0) is 18.1. The van der Waals surface area contributed by atoms with Crippen LogP contribution in [0.15, 0.2) is 12.1 Å². The Morgan fingerprint density at radius 3 is 2.71 bits per heavy atom. The Kier molecular flexibility index (Phi) is 5.95. The van der Waals surface area contributed by atoms with Gasteiger partial charge in [0.2, 0.25) is 0 Å². The van der Waals surface area contributed by atoms with Crippen molar-refractivity contribution in [2.45, 2.75) is 38.8 Å². The van der Waals surface area contributed by atoms with Crippen LogP contribution in [0.2, 0.25) is 5.02 Å². The largest absolute Gasteiger partial charge is 0.444 e. The van der Waals surface area contributed by atoms with Crippen LogP contribution in [0.3, 0.4) is 0 Å². The molecule has 0 unspecified atom stereocenters. The molecular formula is C16H19ClFIN2O3. The molecule has 1 N–H and O–H groups in total. The number of carbonyl (C=O) groups excluding carboxylic acids is 2. The fraction of sp³-hybridized carbons (Fsp3) is 0.500. The molecule has 1 aliphatic heterocycles. The number of ether oxygens (including phenoxy) is 1. The monoisotopic (exact) mass is 468 g/mol. The Hall–Kier alpha value is -1.09. The summed E-state index contributed by atoms with van der Waals surface area (Å²) in [5.41, 5.74) is -0.309. The van der Waals surface area contributed by atoms with Crippen molar-refractivity contribution >= 4 is 46.2 Å². The highest BCUT2D eigenvalue weighted by molar-refractivity contribution is 14.1. The Balaban J connectivity index is 1.99. The molecule has 0 aliphatic carbocycles. The van der Waals surface area contributed by atoms with E-state index in [1.807, 2.05) is 22.6 Å². The first-order chi connectivity index (χ1) is 11.1. The molecule has 0 spiro atoms. The molecule has 1 aliphatic rings. The molecule has 132 valence electrons. The van der Waals surface area contributed by atoms with Gasteiger partial charge in [0.1, 0.15) is 11.4 Å². The van der Waals surface area contributed by atoms with E-state index in [1.165, 1.54) is 6.07 Å². The topological polar surface area (TPSA) is 58.6 Å². The number of hydrogen-bond donors (Lipinski definition) is 1. The van der Waals surface area contributed by atoms with Gasteiger partial charge in [-0.1, -0.05) is 11.6 Å². The molecule has 1 heterocycles. The number of benzene rings is 1. The summed E-state index contributed by atoms with van der Waals surface area (Å²) in [7, 11) is 0. The van der Waals surface area contributed by atoms with Gasteiger partial charge >= 0.3 is 6.09 Å². The van der Waals surface area contributed by atoms with E-state index in [1.54, 1.807) is 25.7 Å². The van der Waals surface area contributed by atoms with Gasteiger partial charge in [-0.05, 0) is 61.9 Å². The molecule has 1 atom stereocenters. The number of likely N-dealkylation sites (tertiary alicyclic amines) is 1. The zero-order valence-corrected chi connectivity index (χ0v) is 16.6. The predicted molar refractivity (Wildman–Crippen MR) is 97.8 cm³/mol. The minimum absolute atomic E-state index is 0.0847. The second kappa shape index (κ2) is 7.43. The molecule has 1 fully saturated rings. The molecular weight excluding hydrogens is 450 g/mol. The summed E-state index contributed by atoms with van der Waals surface area (Å²) in [5, 5.41) is 2.84. The standard InChI is InChI=1S/C16H19ClFIN2O3/c1-16(2,3)24-15(23)20-9-4-5-21(8-9)14(22)10-6-13(19)12(18)7-11(10)17/h6-7,9H,4-5,8H2,1-3H3,(H,20,23)/t9-/m0/s1. The van der Waals surface area contributed by atoms with Crippen LogP contribution in [0.25, 0.3) is 0 Å². The van der Waals surface area contributed by atoms with Crippen LogP contribution in [-0.2, 0) is 4.74 Å². The lowest BCUT2D eigenvalue weighted by Crippen LogP contribution is -2.41. The molecule has 8 heteroatoms. The van der Waals surface area contributed by atoms with Gasteiger partial charge in [-0.15, -0.1) is 0 Å². The number of alkyl carbamates (subject to hydrolysis) is 1. The fourth-order valence-electron chi connectivity index (χ4n) is 2.39. The summed E-state index contributed by atoms with van der Waals surface area (Å²) in [4.78, 5) is 26.0. The smallest absolute Gasteiger partial charge is 0.407 e. The lowest BCUT2D eigenvalue weighted by atomic mass is 10.2. The summed E-state index contributed by atoms with van der Waals surface area (Å²) in [5.74, 6) is -0.727. The van der Waals surface area contributed by atoms with Crippen LogP contribution < -0.4 is 5.32 Å². The van der Waals surface area contributed by atoms with E-state index in [4.69, 9.17) is 16.3 Å². The van der Waals surface area contributed by atoms with E-state index in [0.717, 1.165) is 6.07 Å². The average Bonchev–Trinajstić information content (AvgIpc) is 2.88. The number of carbonyl (C=O) groups is 2. The molecule has 1 aromatic rings. The first kappa shape index (κ1) is 19.2. The SMILES string of the molecule is CC(C)(C)OC(=O)N[C@H]1CCN(C(=O)c2cc(I)c(F)cc2Cl)C1. The Bertz CT molecular complexity index is 663. The second-order valence-electron chi connectivity index (χ2n) is 6.63. The molecule has 24 heavy (non-hydrogen) atoms. The van der Waals surface area contributed by atoms with Crippen molar-refractivity contribution < 1.29 is 18.7 Å². The Morgan fingerprint density at radius 2 is 2.08 bits per heavy atom. The minimum Gasteiger partial charge on any atom is -0.444 e. The number of nitrogens with one attached hydrogen (secondary N) is 1. The third kappa shape index (κ3) is 4.95. The van der Waals surface area contributed by atoms with Crippen LogP contribution in [-0.4, -0.2) is 41.6 Å². The third-order valence-electron chi connectivity index (χ3n) is 3.44.